The van der Waals surface area contributed by atoms with Crippen molar-refractivity contribution in [2.45, 2.75) is 19.5 Å². The average Bonchev–Trinajstić information content (AvgIpc) is 2.66. The molecule has 0 atom stereocenters. The summed E-state index contributed by atoms with van der Waals surface area (Å²) in [6, 6.07) is 5.91. The van der Waals surface area contributed by atoms with Crippen molar-refractivity contribution in [3.8, 4) is 0 Å². The molecule has 0 saturated heterocycles. The van der Waals surface area contributed by atoms with Gasteiger partial charge in [0.2, 0.25) is 0 Å². The molecule has 1 aromatic carbocycles. The van der Waals surface area contributed by atoms with Gasteiger partial charge in [0, 0.05) is 11.6 Å². The van der Waals surface area contributed by atoms with Crippen LogP contribution in [-0.2, 0) is 13.1 Å². The Morgan fingerprint density at radius 2 is 2.16 bits per heavy atom. The predicted molar refractivity (Wildman–Crippen MR) is 80.7 cm³/mol. The van der Waals surface area contributed by atoms with E-state index < -0.39 is 0 Å². The van der Waals surface area contributed by atoms with E-state index in [1.165, 1.54) is 0 Å². The number of fused-ring (bicyclic) bond motifs is 1. The summed E-state index contributed by atoms with van der Waals surface area (Å²) >= 11 is 6.03. The van der Waals surface area contributed by atoms with E-state index >= 15 is 0 Å². The Bertz CT molecular complexity index is 548. The summed E-state index contributed by atoms with van der Waals surface area (Å²) in [5.74, 6) is 1.07. The van der Waals surface area contributed by atoms with Crippen LogP contribution >= 0.6 is 11.6 Å². The van der Waals surface area contributed by atoms with Gasteiger partial charge in [0.05, 0.1) is 17.6 Å². The lowest BCUT2D eigenvalue weighted by molar-refractivity contribution is 0.385. The van der Waals surface area contributed by atoms with Gasteiger partial charge in [0.15, 0.2) is 0 Å². The molecule has 2 aromatic rings. The molecule has 0 bridgehead atoms. The molecule has 2 rings (SSSR count). The molecule has 1 aromatic heterocycles. The third kappa shape index (κ3) is 3.47. The number of hydrogen-bond acceptors (Lipinski definition) is 3. The zero-order chi connectivity index (χ0) is 13.8. The van der Waals surface area contributed by atoms with Gasteiger partial charge in [0.25, 0.3) is 0 Å². The Kier molecular flexibility index (Phi) is 4.80. The van der Waals surface area contributed by atoms with E-state index in [2.05, 4.69) is 39.9 Å². The average molecular weight is 281 g/mol. The Hall–Kier alpha value is -1.10. The summed E-state index contributed by atoms with van der Waals surface area (Å²) < 4.78 is 2.28. The maximum Gasteiger partial charge on any atom is 0.123 e. The fraction of sp³-hybridized carbons (Fsp3) is 0.500. The summed E-state index contributed by atoms with van der Waals surface area (Å²) in [5, 5.41) is 3.91. The van der Waals surface area contributed by atoms with Gasteiger partial charge in [-0.15, -0.1) is 0 Å². The molecule has 1 N–H and O–H groups in total. The Morgan fingerprint density at radius 1 is 1.37 bits per heavy atom. The van der Waals surface area contributed by atoms with Gasteiger partial charge in [0.1, 0.15) is 5.82 Å². The predicted octanol–water partition coefficient (Wildman–Crippen LogP) is 2.36. The van der Waals surface area contributed by atoms with E-state index in [4.69, 9.17) is 11.6 Å². The molecule has 5 heteroatoms. The number of halogens is 1. The second-order valence-corrected chi connectivity index (χ2v) is 5.44. The molecular weight excluding hydrogens is 260 g/mol. The fourth-order valence-corrected chi connectivity index (χ4v) is 2.41. The maximum absolute atomic E-state index is 6.03. The number of nitrogens with zero attached hydrogens (tertiary/aromatic N) is 3. The second kappa shape index (κ2) is 6.37. The summed E-state index contributed by atoms with van der Waals surface area (Å²) in [6.07, 6.45) is 1.11. The molecule has 0 unspecified atom stereocenters. The monoisotopic (exact) mass is 280 g/mol. The topological polar surface area (TPSA) is 33.1 Å². The Morgan fingerprint density at radius 3 is 2.84 bits per heavy atom. The highest BCUT2D eigenvalue weighted by Crippen LogP contribution is 2.21. The third-order valence-corrected chi connectivity index (χ3v) is 3.35. The first-order valence-electron chi connectivity index (χ1n) is 6.56. The lowest BCUT2D eigenvalue weighted by Crippen LogP contribution is -2.17. The van der Waals surface area contributed by atoms with Crippen LogP contribution in [-0.4, -0.2) is 42.1 Å². The van der Waals surface area contributed by atoms with E-state index in [9.17, 15) is 0 Å². The lowest BCUT2D eigenvalue weighted by atomic mass is 10.3. The van der Waals surface area contributed by atoms with Crippen LogP contribution in [0.5, 0.6) is 0 Å². The van der Waals surface area contributed by atoms with Crippen LogP contribution < -0.4 is 5.32 Å². The minimum absolute atomic E-state index is 0.737. The molecule has 1 heterocycles. The zero-order valence-corrected chi connectivity index (χ0v) is 12.5. The number of aromatic nitrogens is 2. The van der Waals surface area contributed by atoms with Crippen molar-refractivity contribution in [2.75, 3.05) is 27.7 Å². The van der Waals surface area contributed by atoms with E-state index in [1.807, 2.05) is 19.2 Å². The number of rotatable bonds is 6. The Labute approximate surface area is 119 Å². The quantitative estimate of drug-likeness (QED) is 0.882. The summed E-state index contributed by atoms with van der Waals surface area (Å²) in [4.78, 5) is 6.87. The van der Waals surface area contributed by atoms with Crippen molar-refractivity contribution in [3.05, 3.63) is 29.0 Å². The van der Waals surface area contributed by atoms with Crippen molar-refractivity contribution >= 4 is 22.6 Å². The van der Waals surface area contributed by atoms with Gasteiger partial charge < -0.3 is 14.8 Å². The molecular formula is C14H21ClN4. The van der Waals surface area contributed by atoms with E-state index in [-0.39, 0.29) is 0 Å². The molecule has 104 valence electrons. The van der Waals surface area contributed by atoms with Gasteiger partial charge in [-0.2, -0.15) is 0 Å². The van der Waals surface area contributed by atoms with Gasteiger partial charge in [-0.3, -0.25) is 0 Å². The summed E-state index contributed by atoms with van der Waals surface area (Å²) in [7, 11) is 6.14. The number of benzene rings is 1. The molecule has 0 saturated carbocycles. The van der Waals surface area contributed by atoms with Crippen molar-refractivity contribution in [1.82, 2.24) is 19.8 Å². The van der Waals surface area contributed by atoms with E-state index in [0.717, 1.165) is 47.9 Å². The minimum Gasteiger partial charge on any atom is -0.327 e. The summed E-state index contributed by atoms with van der Waals surface area (Å²) in [5.41, 5.74) is 2.14. The van der Waals surface area contributed by atoms with E-state index in [0.29, 0.717) is 0 Å². The highest BCUT2D eigenvalue weighted by atomic mass is 35.5. The van der Waals surface area contributed by atoms with Crippen LogP contribution in [0.4, 0.5) is 0 Å². The number of imidazole rings is 1. The van der Waals surface area contributed by atoms with Crippen LogP contribution in [0, 0.1) is 0 Å². The van der Waals surface area contributed by atoms with E-state index in [1.54, 1.807) is 0 Å². The lowest BCUT2D eigenvalue weighted by Gasteiger charge is -2.12. The molecule has 0 aliphatic rings. The molecule has 0 aliphatic carbocycles. The molecule has 0 aliphatic heterocycles. The molecule has 4 nitrogen and oxygen atoms in total. The van der Waals surface area contributed by atoms with Crippen LogP contribution in [0.25, 0.3) is 11.0 Å². The van der Waals surface area contributed by atoms with Gasteiger partial charge in [-0.1, -0.05) is 11.6 Å². The van der Waals surface area contributed by atoms with Gasteiger partial charge in [-0.05, 0) is 52.3 Å². The van der Waals surface area contributed by atoms with Crippen LogP contribution in [0.1, 0.15) is 12.2 Å². The SMILES string of the molecule is CNCc1nc2cc(Cl)ccc2n1CCCN(C)C. The molecule has 0 amide bonds. The van der Waals surface area contributed by atoms with Crippen LogP contribution in [0.2, 0.25) is 5.02 Å². The normalized spacial score (nSPS) is 11.6. The van der Waals surface area contributed by atoms with Crippen molar-refractivity contribution < 1.29 is 0 Å². The maximum atomic E-state index is 6.03. The first kappa shape index (κ1) is 14.3. The highest BCUT2D eigenvalue weighted by Gasteiger charge is 2.10. The van der Waals surface area contributed by atoms with Crippen molar-refractivity contribution in [1.29, 1.82) is 0 Å². The minimum atomic E-state index is 0.737. The summed E-state index contributed by atoms with van der Waals surface area (Å²) in [6.45, 7) is 2.83. The number of hydrogen-bond donors (Lipinski definition) is 1. The second-order valence-electron chi connectivity index (χ2n) is 5.00. The molecule has 0 fully saturated rings. The van der Waals surface area contributed by atoms with Gasteiger partial charge >= 0.3 is 0 Å². The highest BCUT2D eigenvalue weighted by molar-refractivity contribution is 6.31. The standard InChI is InChI=1S/C14H21ClN4/c1-16-10-14-17-12-9-11(15)5-6-13(12)19(14)8-4-7-18(2)3/h5-6,9,16H,4,7-8,10H2,1-3H3. The van der Waals surface area contributed by atoms with Gasteiger partial charge in [-0.25, -0.2) is 4.98 Å². The first-order valence-corrected chi connectivity index (χ1v) is 6.93. The fourth-order valence-electron chi connectivity index (χ4n) is 2.24. The molecule has 0 spiro atoms. The van der Waals surface area contributed by atoms with Crippen LogP contribution in [0.15, 0.2) is 18.2 Å². The number of aryl methyl sites for hydroxylation is 1. The molecule has 19 heavy (non-hydrogen) atoms. The Balaban J connectivity index is 2.29. The van der Waals surface area contributed by atoms with Crippen molar-refractivity contribution in [2.24, 2.45) is 0 Å². The number of nitrogens with one attached hydrogen (secondary N) is 1. The zero-order valence-electron chi connectivity index (χ0n) is 11.8. The molecule has 0 radical (unpaired) electrons. The first-order chi connectivity index (χ1) is 9.11. The van der Waals surface area contributed by atoms with Crippen LogP contribution in [0.3, 0.4) is 0 Å². The van der Waals surface area contributed by atoms with Crippen molar-refractivity contribution in [3.63, 3.8) is 0 Å². The smallest absolute Gasteiger partial charge is 0.123 e. The largest absolute Gasteiger partial charge is 0.327 e. The third-order valence-electron chi connectivity index (χ3n) is 3.11.